The molecule has 0 spiro atoms. The van der Waals surface area contributed by atoms with Gasteiger partial charge in [0.15, 0.2) is 0 Å². The van der Waals surface area contributed by atoms with Crippen molar-refractivity contribution >= 4 is 40.1 Å². The summed E-state index contributed by atoms with van der Waals surface area (Å²) in [5.41, 5.74) is 2.23. The molecule has 1 aromatic heterocycles. The molecule has 1 heterocycles. The maximum atomic E-state index is 11.9. The highest BCUT2D eigenvalue weighted by Crippen LogP contribution is 2.48. The van der Waals surface area contributed by atoms with Gasteiger partial charge in [-0.05, 0) is 35.4 Å². The van der Waals surface area contributed by atoms with Crippen LogP contribution in [0, 0.1) is 0 Å². The number of benzene rings is 1. The number of aromatic carboxylic acids is 1. The smallest absolute Gasteiger partial charge is 0.336 e. The van der Waals surface area contributed by atoms with Gasteiger partial charge in [-0.15, -0.1) is 0 Å². The van der Waals surface area contributed by atoms with Crippen molar-refractivity contribution in [1.29, 1.82) is 0 Å². The summed E-state index contributed by atoms with van der Waals surface area (Å²) in [6.07, 6.45) is 0.872. The third kappa shape index (κ3) is 2.11. The van der Waals surface area contributed by atoms with Crippen LogP contribution in [-0.4, -0.2) is 16.1 Å². The van der Waals surface area contributed by atoms with Crippen LogP contribution in [0.3, 0.4) is 0 Å². The Balaban J connectivity index is 2.54. The van der Waals surface area contributed by atoms with Crippen molar-refractivity contribution in [3.05, 3.63) is 39.0 Å². The van der Waals surface area contributed by atoms with Gasteiger partial charge in [-0.1, -0.05) is 44.0 Å². The number of nitrogens with zero attached hydrogens (tertiary/aromatic N) is 1. The predicted molar refractivity (Wildman–Crippen MR) is 84.8 cm³/mol. The Kier molecular flexibility index (Phi) is 3.19. The van der Waals surface area contributed by atoms with Crippen molar-refractivity contribution < 1.29 is 9.90 Å². The Morgan fingerprint density at radius 2 is 2.05 bits per heavy atom. The number of fused-ring (bicyclic) bond motifs is 2. The summed E-state index contributed by atoms with van der Waals surface area (Å²) in [7, 11) is 0. The summed E-state index contributed by atoms with van der Waals surface area (Å²) in [4.78, 5) is 16.5. The second kappa shape index (κ2) is 4.59. The van der Waals surface area contributed by atoms with Crippen LogP contribution < -0.4 is 0 Å². The molecular weight excluding hydrogens is 309 g/mol. The van der Waals surface area contributed by atoms with Crippen LogP contribution in [0.1, 0.15) is 54.7 Å². The number of hydrogen-bond donors (Lipinski definition) is 1. The van der Waals surface area contributed by atoms with E-state index in [4.69, 9.17) is 23.2 Å². The molecule has 0 fully saturated rings. The molecule has 0 saturated carbocycles. The van der Waals surface area contributed by atoms with E-state index in [-0.39, 0.29) is 16.9 Å². The van der Waals surface area contributed by atoms with Gasteiger partial charge in [0.1, 0.15) is 0 Å². The Morgan fingerprint density at radius 1 is 1.38 bits per heavy atom. The van der Waals surface area contributed by atoms with E-state index in [0.717, 1.165) is 17.7 Å². The molecular formula is C16H15Cl2NO2. The molecule has 3 nitrogen and oxygen atoms in total. The van der Waals surface area contributed by atoms with Crippen LogP contribution in [-0.2, 0) is 5.41 Å². The molecule has 1 atom stereocenters. The molecule has 1 aliphatic carbocycles. The van der Waals surface area contributed by atoms with E-state index in [0.29, 0.717) is 20.9 Å². The molecule has 3 rings (SSSR count). The van der Waals surface area contributed by atoms with Crippen molar-refractivity contribution in [2.24, 2.45) is 0 Å². The monoisotopic (exact) mass is 323 g/mol. The fraction of sp³-hybridized carbons (Fsp3) is 0.375. The lowest BCUT2D eigenvalue weighted by molar-refractivity contribution is 0.0696. The lowest BCUT2D eigenvalue weighted by Crippen LogP contribution is -2.18. The van der Waals surface area contributed by atoms with Crippen LogP contribution in [0.4, 0.5) is 0 Å². The van der Waals surface area contributed by atoms with Gasteiger partial charge < -0.3 is 5.11 Å². The molecule has 0 radical (unpaired) electrons. The Hall–Kier alpha value is -1.32. The van der Waals surface area contributed by atoms with Crippen molar-refractivity contribution in [2.75, 3.05) is 0 Å². The normalized spacial score (nSPS) is 19.8. The summed E-state index contributed by atoms with van der Waals surface area (Å²) in [5.74, 6) is -0.747. The molecule has 5 heteroatoms. The highest BCUT2D eigenvalue weighted by molar-refractivity contribution is 6.38. The predicted octanol–water partition coefficient (Wildman–Crippen LogP) is 5.02. The molecule has 0 saturated heterocycles. The Bertz CT molecular complexity index is 784. The Morgan fingerprint density at radius 3 is 2.67 bits per heavy atom. The maximum Gasteiger partial charge on any atom is 0.336 e. The molecule has 110 valence electrons. The topological polar surface area (TPSA) is 50.2 Å². The summed E-state index contributed by atoms with van der Waals surface area (Å²) < 4.78 is 0. The first-order valence-electron chi connectivity index (χ1n) is 6.79. The van der Waals surface area contributed by atoms with Crippen LogP contribution in [0.5, 0.6) is 0 Å². The fourth-order valence-corrected chi connectivity index (χ4v) is 4.07. The van der Waals surface area contributed by atoms with Gasteiger partial charge in [0.05, 0.1) is 16.1 Å². The largest absolute Gasteiger partial charge is 0.478 e. The molecule has 1 aliphatic rings. The van der Waals surface area contributed by atoms with E-state index in [2.05, 4.69) is 25.8 Å². The van der Waals surface area contributed by atoms with Crippen LogP contribution in [0.2, 0.25) is 10.0 Å². The third-order valence-electron chi connectivity index (χ3n) is 4.21. The minimum absolute atomic E-state index is 0.212. The third-order valence-corrected chi connectivity index (χ3v) is 4.72. The van der Waals surface area contributed by atoms with Gasteiger partial charge >= 0.3 is 5.97 Å². The summed E-state index contributed by atoms with van der Waals surface area (Å²) in [6.45, 7) is 6.19. The quantitative estimate of drug-likeness (QED) is 0.801. The first-order valence-corrected chi connectivity index (χ1v) is 7.54. The lowest BCUT2D eigenvalue weighted by Gasteiger charge is -2.21. The van der Waals surface area contributed by atoms with Gasteiger partial charge in [-0.2, -0.15) is 0 Å². The molecule has 0 bridgehead atoms. The summed E-state index contributed by atoms with van der Waals surface area (Å²) >= 11 is 12.3. The van der Waals surface area contributed by atoms with E-state index >= 15 is 0 Å². The fourth-order valence-electron chi connectivity index (χ4n) is 3.54. The van der Waals surface area contributed by atoms with Gasteiger partial charge in [-0.25, -0.2) is 4.79 Å². The average Bonchev–Trinajstić information content (AvgIpc) is 2.57. The van der Waals surface area contributed by atoms with Crippen LogP contribution >= 0.6 is 23.2 Å². The first kappa shape index (κ1) is 14.6. The molecule has 1 N–H and O–H groups in total. The van der Waals surface area contributed by atoms with E-state index in [1.807, 2.05) is 0 Å². The van der Waals surface area contributed by atoms with Crippen LogP contribution in [0.15, 0.2) is 12.1 Å². The minimum atomic E-state index is -0.959. The van der Waals surface area contributed by atoms with E-state index < -0.39 is 5.97 Å². The zero-order valence-corrected chi connectivity index (χ0v) is 13.5. The lowest BCUT2D eigenvalue weighted by atomic mass is 9.83. The zero-order valence-electron chi connectivity index (χ0n) is 12.0. The number of carboxylic acids is 1. The number of carboxylic acid groups (broad SMARTS) is 1. The van der Waals surface area contributed by atoms with Crippen LogP contribution in [0.25, 0.3) is 10.9 Å². The number of halogens is 2. The van der Waals surface area contributed by atoms with E-state index in [9.17, 15) is 9.90 Å². The van der Waals surface area contributed by atoms with Crippen molar-refractivity contribution in [3.8, 4) is 0 Å². The number of pyridine rings is 1. The second-order valence-electron chi connectivity index (χ2n) is 6.33. The standard InChI is InChI=1S/C16H15Cl2NO2/c1-7-6-16(2,3)12-11(15(20)21)9-4-8(17)5-10(18)14(9)19-13(7)12/h4-5,7H,6H2,1-3H3,(H,20,21). The Labute approximate surface area is 132 Å². The SMILES string of the molecule is CC1CC(C)(C)c2c1nc1c(Cl)cc(Cl)cc1c2C(=O)O. The van der Waals surface area contributed by atoms with Gasteiger partial charge in [0.2, 0.25) is 0 Å². The number of aromatic nitrogens is 1. The van der Waals surface area contributed by atoms with Gasteiger partial charge in [-0.3, -0.25) is 4.98 Å². The maximum absolute atomic E-state index is 11.9. The molecule has 2 aromatic rings. The van der Waals surface area contributed by atoms with Crippen molar-refractivity contribution in [3.63, 3.8) is 0 Å². The highest BCUT2D eigenvalue weighted by atomic mass is 35.5. The zero-order chi connectivity index (χ0) is 15.5. The number of hydrogen-bond acceptors (Lipinski definition) is 2. The second-order valence-corrected chi connectivity index (χ2v) is 7.17. The summed E-state index contributed by atoms with van der Waals surface area (Å²) in [5, 5.41) is 11.1. The summed E-state index contributed by atoms with van der Waals surface area (Å²) in [6, 6.07) is 3.24. The van der Waals surface area contributed by atoms with Gasteiger partial charge in [0, 0.05) is 16.1 Å². The molecule has 0 aliphatic heterocycles. The van der Waals surface area contributed by atoms with Crippen molar-refractivity contribution in [1.82, 2.24) is 4.98 Å². The molecule has 21 heavy (non-hydrogen) atoms. The van der Waals surface area contributed by atoms with E-state index in [1.165, 1.54) is 0 Å². The average molecular weight is 324 g/mol. The van der Waals surface area contributed by atoms with Crippen molar-refractivity contribution in [2.45, 2.75) is 38.5 Å². The highest BCUT2D eigenvalue weighted by Gasteiger charge is 2.40. The molecule has 1 unspecified atom stereocenters. The first-order chi connectivity index (χ1) is 9.72. The molecule has 0 amide bonds. The molecule has 1 aromatic carbocycles. The van der Waals surface area contributed by atoms with Gasteiger partial charge in [0.25, 0.3) is 0 Å². The van der Waals surface area contributed by atoms with E-state index in [1.54, 1.807) is 12.1 Å². The number of carbonyl (C=O) groups is 1. The number of rotatable bonds is 1. The minimum Gasteiger partial charge on any atom is -0.478 e.